The normalized spacial score (nSPS) is 15.4. The molecular weight excluding hydrogens is 422 g/mol. The molecule has 0 bridgehead atoms. The topological polar surface area (TPSA) is 81.3 Å². The van der Waals surface area contributed by atoms with Gasteiger partial charge < -0.3 is 14.8 Å². The molecule has 1 heterocycles. The molecule has 0 amide bonds. The smallest absolute Gasteiger partial charge is 0.261 e. The lowest BCUT2D eigenvalue weighted by atomic mass is 9.89. The number of nitrogens with one attached hydrogen (secondary N) is 2. The average Bonchev–Trinajstić information content (AvgIpc) is 3.21. The van der Waals surface area contributed by atoms with Crippen LogP contribution in [0.4, 0.5) is 11.4 Å². The molecule has 1 aromatic heterocycles. The zero-order valence-corrected chi connectivity index (χ0v) is 20.0. The van der Waals surface area contributed by atoms with Crippen LogP contribution in [0.1, 0.15) is 43.8 Å². The minimum Gasteiger partial charge on any atom is -0.372 e. The monoisotopic (exact) mass is 455 g/mol. The third kappa shape index (κ3) is 5.07. The van der Waals surface area contributed by atoms with Gasteiger partial charge in [0.2, 0.25) is 0 Å². The lowest BCUT2D eigenvalue weighted by Crippen LogP contribution is -2.29. The zero-order chi connectivity index (χ0) is 22.7. The van der Waals surface area contributed by atoms with Gasteiger partial charge in [-0.1, -0.05) is 37.5 Å². The van der Waals surface area contributed by atoms with E-state index in [1.165, 1.54) is 19.3 Å². The summed E-state index contributed by atoms with van der Waals surface area (Å²) in [6, 6.07) is 12.4. The fourth-order valence-corrected chi connectivity index (χ4v) is 5.39. The van der Waals surface area contributed by atoms with E-state index in [1.54, 1.807) is 24.3 Å². The lowest BCUT2D eigenvalue weighted by molar-refractivity contribution is 0.416. The van der Waals surface area contributed by atoms with Crippen molar-refractivity contribution < 1.29 is 8.42 Å². The van der Waals surface area contributed by atoms with Gasteiger partial charge in [0.05, 0.1) is 27.3 Å². The van der Waals surface area contributed by atoms with Crippen LogP contribution < -0.4 is 9.62 Å². The summed E-state index contributed by atoms with van der Waals surface area (Å²) >= 11 is 0. The zero-order valence-electron chi connectivity index (χ0n) is 19.1. The summed E-state index contributed by atoms with van der Waals surface area (Å²) in [4.78, 5) is 12.8. The molecular formula is C24H33N5O2S. The molecule has 1 saturated carbocycles. The van der Waals surface area contributed by atoms with Gasteiger partial charge in [0.15, 0.2) is 0 Å². The van der Waals surface area contributed by atoms with Crippen molar-refractivity contribution in [3.63, 3.8) is 0 Å². The first-order chi connectivity index (χ1) is 15.3. The second kappa shape index (κ2) is 9.50. The Labute approximate surface area is 190 Å². The van der Waals surface area contributed by atoms with Crippen LogP contribution in [0.2, 0.25) is 0 Å². The Hall–Kier alpha value is -2.58. The van der Waals surface area contributed by atoms with Crippen molar-refractivity contribution in [2.24, 2.45) is 0 Å². The second-order valence-corrected chi connectivity index (χ2v) is 10.7. The minimum atomic E-state index is -3.71. The van der Waals surface area contributed by atoms with Gasteiger partial charge in [-0.3, -0.25) is 4.72 Å². The summed E-state index contributed by atoms with van der Waals surface area (Å²) in [5.74, 6) is 1.47. The Kier molecular flexibility index (Phi) is 6.71. The van der Waals surface area contributed by atoms with E-state index in [1.807, 2.05) is 39.3 Å². The van der Waals surface area contributed by atoms with E-state index in [-0.39, 0.29) is 4.90 Å². The number of anilines is 2. The van der Waals surface area contributed by atoms with Crippen molar-refractivity contribution in [3.05, 3.63) is 48.3 Å². The van der Waals surface area contributed by atoms with E-state index in [4.69, 9.17) is 4.98 Å². The van der Waals surface area contributed by atoms with Crippen LogP contribution in [0.25, 0.3) is 11.0 Å². The summed E-state index contributed by atoms with van der Waals surface area (Å²) in [7, 11) is 2.34. The van der Waals surface area contributed by atoms with Gasteiger partial charge in [-0.2, -0.15) is 0 Å². The summed E-state index contributed by atoms with van der Waals surface area (Å²) in [5.41, 5.74) is 3.11. The van der Waals surface area contributed by atoms with Crippen LogP contribution in [-0.2, 0) is 10.0 Å². The summed E-state index contributed by atoms with van der Waals surface area (Å²) in [6.07, 6.45) is 6.08. The molecule has 32 heavy (non-hydrogen) atoms. The first-order valence-corrected chi connectivity index (χ1v) is 12.8. The third-order valence-corrected chi connectivity index (χ3v) is 7.58. The number of imidazole rings is 1. The Bertz CT molecular complexity index is 1150. The molecule has 8 heteroatoms. The molecule has 2 N–H and O–H groups in total. The molecule has 0 spiro atoms. The molecule has 0 radical (unpaired) electrons. The van der Waals surface area contributed by atoms with Crippen molar-refractivity contribution in [2.75, 3.05) is 43.9 Å². The van der Waals surface area contributed by atoms with Crippen LogP contribution in [0.3, 0.4) is 0 Å². The molecule has 0 saturated heterocycles. The van der Waals surface area contributed by atoms with Crippen LogP contribution in [-0.4, -0.2) is 57.5 Å². The van der Waals surface area contributed by atoms with Crippen molar-refractivity contribution in [3.8, 4) is 0 Å². The number of nitrogens with zero attached hydrogens (tertiary/aromatic N) is 3. The van der Waals surface area contributed by atoms with Crippen molar-refractivity contribution in [2.45, 2.75) is 42.9 Å². The molecule has 1 aliphatic carbocycles. The second-order valence-electron chi connectivity index (χ2n) is 8.99. The largest absolute Gasteiger partial charge is 0.372 e. The van der Waals surface area contributed by atoms with E-state index in [0.717, 1.165) is 48.5 Å². The molecule has 1 aliphatic rings. The highest BCUT2D eigenvalue weighted by Gasteiger charge is 2.22. The number of fused-ring (bicyclic) bond motifs is 1. The van der Waals surface area contributed by atoms with E-state index in [9.17, 15) is 8.42 Å². The van der Waals surface area contributed by atoms with Crippen molar-refractivity contribution >= 4 is 32.4 Å². The molecule has 0 atom stereocenters. The minimum absolute atomic E-state index is 0.243. The number of aromatic nitrogens is 2. The van der Waals surface area contributed by atoms with Gasteiger partial charge in [0.25, 0.3) is 10.0 Å². The Morgan fingerprint density at radius 3 is 2.44 bits per heavy atom. The average molecular weight is 456 g/mol. The Morgan fingerprint density at radius 2 is 1.75 bits per heavy atom. The number of rotatable bonds is 8. The van der Waals surface area contributed by atoms with Gasteiger partial charge in [0.1, 0.15) is 5.82 Å². The van der Waals surface area contributed by atoms with Crippen molar-refractivity contribution in [1.29, 1.82) is 0 Å². The predicted molar refractivity (Wildman–Crippen MR) is 131 cm³/mol. The SMILES string of the molecule is CN(C)CCN(C)c1cc2[nH]c(C3CCCCC3)nc2cc1NS(=O)(=O)c1ccccc1. The number of likely N-dealkylation sites (N-methyl/N-ethyl adjacent to an activating group) is 2. The highest BCUT2D eigenvalue weighted by Crippen LogP contribution is 2.35. The molecule has 4 rings (SSSR count). The van der Waals surface area contributed by atoms with Crippen LogP contribution in [0.15, 0.2) is 47.4 Å². The maximum Gasteiger partial charge on any atom is 0.261 e. The number of hydrogen-bond donors (Lipinski definition) is 2. The van der Waals surface area contributed by atoms with Crippen LogP contribution >= 0.6 is 0 Å². The number of sulfonamides is 1. The van der Waals surface area contributed by atoms with Gasteiger partial charge >= 0.3 is 0 Å². The highest BCUT2D eigenvalue weighted by molar-refractivity contribution is 7.92. The maximum atomic E-state index is 13.1. The molecule has 0 aliphatic heterocycles. The van der Waals surface area contributed by atoms with Gasteiger partial charge in [-0.25, -0.2) is 13.4 Å². The predicted octanol–water partition coefficient (Wildman–Crippen LogP) is 4.41. The Morgan fingerprint density at radius 1 is 1.03 bits per heavy atom. The summed E-state index contributed by atoms with van der Waals surface area (Å²) in [6.45, 7) is 1.62. The van der Waals surface area contributed by atoms with Gasteiger partial charge in [0, 0.05) is 26.1 Å². The van der Waals surface area contributed by atoms with Gasteiger partial charge in [-0.05, 0) is 51.2 Å². The molecule has 172 valence electrons. The van der Waals surface area contributed by atoms with Crippen LogP contribution in [0, 0.1) is 0 Å². The lowest BCUT2D eigenvalue weighted by Gasteiger charge is -2.24. The summed E-state index contributed by atoms with van der Waals surface area (Å²) < 4.78 is 28.9. The molecule has 0 unspecified atom stereocenters. The quantitative estimate of drug-likeness (QED) is 0.526. The van der Waals surface area contributed by atoms with E-state index >= 15 is 0 Å². The molecule has 2 aromatic carbocycles. The third-order valence-electron chi connectivity index (χ3n) is 6.20. The highest BCUT2D eigenvalue weighted by atomic mass is 32.2. The van der Waals surface area contributed by atoms with E-state index in [2.05, 4.69) is 19.5 Å². The standard InChI is InChI=1S/C24H33N5O2S/c1-28(2)14-15-29(3)23-17-21-20(25-24(26-21)18-10-6-4-7-11-18)16-22(23)27-32(30,31)19-12-8-5-9-13-19/h5,8-9,12-13,16-18,27H,4,6-7,10-11,14-15H2,1-3H3,(H,25,26). The van der Waals surface area contributed by atoms with Crippen LogP contribution in [0.5, 0.6) is 0 Å². The molecule has 7 nitrogen and oxygen atoms in total. The Balaban J connectivity index is 1.72. The van der Waals surface area contributed by atoms with Gasteiger partial charge in [-0.15, -0.1) is 0 Å². The maximum absolute atomic E-state index is 13.1. The number of benzene rings is 2. The molecule has 1 fully saturated rings. The van der Waals surface area contributed by atoms with E-state index in [0.29, 0.717) is 11.6 Å². The first kappa shape index (κ1) is 22.6. The first-order valence-electron chi connectivity index (χ1n) is 11.3. The number of hydrogen-bond acceptors (Lipinski definition) is 5. The van der Waals surface area contributed by atoms with Crippen molar-refractivity contribution in [1.82, 2.24) is 14.9 Å². The fourth-order valence-electron chi connectivity index (χ4n) is 4.31. The fraction of sp³-hybridized carbons (Fsp3) is 0.458. The van der Waals surface area contributed by atoms with E-state index < -0.39 is 10.0 Å². The number of H-pyrrole nitrogens is 1. The number of aromatic amines is 1. The molecule has 3 aromatic rings. The summed E-state index contributed by atoms with van der Waals surface area (Å²) in [5, 5.41) is 0.